The van der Waals surface area contributed by atoms with Crippen LogP contribution in [-0.4, -0.2) is 30.0 Å². The average Bonchev–Trinajstić information content (AvgIpc) is 2.40. The van der Waals surface area contributed by atoms with Gasteiger partial charge in [0.15, 0.2) is 0 Å². The third-order valence-corrected chi connectivity index (χ3v) is 3.37. The molecule has 102 valence electrons. The third kappa shape index (κ3) is 3.42. The molecule has 1 aliphatic heterocycles. The lowest BCUT2D eigenvalue weighted by Crippen LogP contribution is -2.45. The second kappa shape index (κ2) is 5.99. The highest BCUT2D eigenvalue weighted by Crippen LogP contribution is 2.22. The van der Waals surface area contributed by atoms with Crippen LogP contribution in [0, 0.1) is 10.1 Å². The molecule has 2 rings (SSSR count). The van der Waals surface area contributed by atoms with Crippen LogP contribution < -0.4 is 10.6 Å². The van der Waals surface area contributed by atoms with E-state index >= 15 is 0 Å². The maximum atomic E-state index is 12.1. The van der Waals surface area contributed by atoms with Gasteiger partial charge in [0, 0.05) is 24.7 Å². The Labute approximate surface area is 115 Å². The molecule has 0 radical (unpaired) electrons. The summed E-state index contributed by atoms with van der Waals surface area (Å²) in [5, 5.41) is 16.9. The highest BCUT2D eigenvalue weighted by molar-refractivity contribution is 6.33. The summed E-state index contributed by atoms with van der Waals surface area (Å²) in [5.41, 5.74) is -0.00207. The van der Waals surface area contributed by atoms with Crippen LogP contribution in [0.2, 0.25) is 5.02 Å². The zero-order valence-electron chi connectivity index (χ0n) is 10.2. The lowest BCUT2D eigenvalue weighted by Gasteiger charge is -2.23. The topological polar surface area (TPSA) is 84.3 Å². The predicted molar refractivity (Wildman–Crippen MR) is 71.5 cm³/mol. The molecule has 1 aromatic carbocycles. The number of halogens is 1. The number of nitrogens with one attached hydrogen (secondary N) is 2. The summed E-state index contributed by atoms with van der Waals surface area (Å²) in [5.74, 6) is -0.373. The zero-order chi connectivity index (χ0) is 13.8. The van der Waals surface area contributed by atoms with E-state index in [0.717, 1.165) is 19.4 Å². The van der Waals surface area contributed by atoms with Gasteiger partial charge in [0.05, 0.1) is 15.5 Å². The van der Waals surface area contributed by atoms with E-state index in [1.807, 2.05) is 0 Å². The Balaban J connectivity index is 2.13. The van der Waals surface area contributed by atoms with Gasteiger partial charge in [-0.25, -0.2) is 0 Å². The van der Waals surface area contributed by atoms with E-state index in [2.05, 4.69) is 10.6 Å². The third-order valence-electron chi connectivity index (χ3n) is 3.04. The molecule has 6 nitrogen and oxygen atoms in total. The molecular weight excluding hydrogens is 270 g/mol. The smallest absolute Gasteiger partial charge is 0.270 e. The number of nitro groups is 1. The van der Waals surface area contributed by atoms with Gasteiger partial charge in [-0.05, 0) is 25.5 Å². The summed E-state index contributed by atoms with van der Waals surface area (Å²) in [6.45, 7) is 1.65. The van der Waals surface area contributed by atoms with Crippen molar-refractivity contribution in [1.29, 1.82) is 0 Å². The number of carbonyl (C=O) groups excluding carboxylic acids is 1. The van der Waals surface area contributed by atoms with E-state index in [4.69, 9.17) is 11.6 Å². The fourth-order valence-corrected chi connectivity index (χ4v) is 2.24. The molecule has 0 aliphatic carbocycles. The first-order valence-corrected chi connectivity index (χ1v) is 6.41. The summed E-state index contributed by atoms with van der Waals surface area (Å²) in [6.07, 6.45) is 1.89. The summed E-state index contributed by atoms with van der Waals surface area (Å²) < 4.78 is 0. The summed E-state index contributed by atoms with van der Waals surface area (Å²) in [7, 11) is 0. The van der Waals surface area contributed by atoms with Crippen LogP contribution in [0.15, 0.2) is 18.2 Å². The number of nitro benzene ring substituents is 1. The molecule has 7 heteroatoms. The van der Waals surface area contributed by atoms with Gasteiger partial charge in [-0.2, -0.15) is 0 Å². The first kappa shape index (κ1) is 13.8. The van der Waals surface area contributed by atoms with Crippen molar-refractivity contribution in [2.75, 3.05) is 13.1 Å². The molecule has 0 bridgehead atoms. The van der Waals surface area contributed by atoms with Crippen molar-refractivity contribution in [3.63, 3.8) is 0 Å². The number of rotatable bonds is 3. The number of non-ortho nitro benzene ring substituents is 1. The van der Waals surface area contributed by atoms with E-state index in [1.54, 1.807) is 0 Å². The first-order valence-electron chi connectivity index (χ1n) is 6.03. The molecule has 2 N–H and O–H groups in total. The Bertz CT molecular complexity index is 501. The largest absolute Gasteiger partial charge is 0.348 e. The molecule has 1 heterocycles. The van der Waals surface area contributed by atoms with Gasteiger partial charge in [0.2, 0.25) is 0 Å². The lowest BCUT2D eigenvalue weighted by atomic mass is 10.1. The number of hydrogen-bond acceptors (Lipinski definition) is 4. The van der Waals surface area contributed by atoms with Crippen molar-refractivity contribution < 1.29 is 9.72 Å². The van der Waals surface area contributed by atoms with Gasteiger partial charge in [-0.3, -0.25) is 14.9 Å². The maximum Gasteiger partial charge on any atom is 0.270 e. The summed E-state index contributed by atoms with van der Waals surface area (Å²) >= 11 is 5.91. The van der Waals surface area contributed by atoms with Crippen LogP contribution in [0.3, 0.4) is 0 Å². The van der Waals surface area contributed by atoms with Crippen LogP contribution >= 0.6 is 11.6 Å². The molecule has 0 aromatic heterocycles. The second-order valence-electron chi connectivity index (χ2n) is 4.44. The Morgan fingerprint density at radius 1 is 1.53 bits per heavy atom. The van der Waals surface area contributed by atoms with Gasteiger partial charge in [0.1, 0.15) is 0 Å². The maximum absolute atomic E-state index is 12.1. The normalized spacial score (nSPS) is 18.9. The highest BCUT2D eigenvalue weighted by atomic mass is 35.5. The quantitative estimate of drug-likeness (QED) is 0.653. The Kier molecular flexibility index (Phi) is 4.34. The second-order valence-corrected chi connectivity index (χ2v) is 4.85. The highest BCUT2D eigenvalue weighted by Gasteiger charge is 2.20. The van der Waals surface area contributed by atoms with Gasteiger partial charge in [-0.1, -0.05) is 11.6 Å². The van der Waals surface area contributed by atoms with E-state index in [-0.39, 0.29) is 28.2 Å². The molecule has 1 fully saturated rings. The van der Waals surface area contributed by atoms with Gasteiger partial charge in [-0.15, -0.1) is 0 Å². The van der Waals surface area contributed by atoms with Crippen LogP contribution in [0.5, 0.6) is 0 Å². The molecular formula is C12H14ClN3O3. The average molecular weight is 284 g/mol. The molecule has 0 spiro atoms. The van der Waals surface area contributed by atoms with Gasteiger partial charge >= 0.3 is 0 Å². The van der Waals surface area contributed by atoms with Crippen molar-refractivity contribution >= 4 is 23.2 Å². The van der Waals surface area contributed by atoms with Crippen molar-refractivity contribution in [1.82, 2.24) is 10.6 Å². The molecule has 1 atom stereocenters. The minimum absolute atomic E-state index is 0.0385. The molecule has 1 unspecified atom stereocenters. The number of carbonyl (C=O) groups is 1. The van der Waals surface area contributed by atoms with Crippen molar-refractivity contribution in [2.24, 2.45) is 0 Å². The van der Waals surface area contributed by atoms with Crippen molar-refractivity contribution in [3.8, 4) is 0 Å². The molecule has 19 heavy (non-hydrogen) atoms. The molecule has 1 amide bonds. The first-order chi connectivity index (χ1) is 9.08. The van der Waals surface area contributed by atoms with Crippen molar-refractivity contribution in [3.05, 3.63) is 38.9 Å². The summed E-state index contributed by atoms with van der Waals surface area (Å²) in [4.78, 5) is 22.2. The van der Waals surface area contributed by atoms with Gasteiger partial charge in [0.25, 0.3) is 11.6 Å². The van der Waals surface area contributed by atoms with Crippen molar-refractivity contribution in [2.45, 2.75) is 18.9 Å². The van der Waals surface area contributed by atoms with E-state index in [9.17, 15) is 14.9 Å². The number of hydrogen-bond donors (Lipinski definition) is 2. The van der Waals surface area contributed by atoms with Crippen LogP contribution in [0.4, 0.5) is 5.69 Å². The zero-order valence-corrected chi connectivity index (χ0v) is 10.9. The van der Waals surface area contributed by atoms with Crippen LogP contribution in [-0.2, 0) is 0 Å². The number of nitrogens with zero attached hydrogens (tertiary/aromatic N) is 1. The predicted octanol–water partition coefficient (Wildman–Crippen LogP) is 1.73. The standard InChI is InChI=1S/C12H14ClN3O3/c13-11-4-3-9(16(18)19)6-10(11)12(17)15-8-2-1-5-14-7-8/h3-4,6,8,14H,1-2,5,7H2,(H,15,17). The SMILES string of the molecule is O=C(NC1CCCNC1)c1cc([N+](=O)[O-])ccc1Cl. The molecule has 1 saturated heterocycles. The monoisotopic (exact) mass is 283 g/mol. The Hall–Kier alpha value is -1.66. The molecule has 1 aromatic rings. The van der Waals surface area contributed by atoms with Gasteiger partial charge < -0.3 is 10.6 Å². The van der Waals surface area contributed by atoms with Crippen LogP contribution in [0.1, 0.15) is 23.2 Å². The summed E-state index contributed by atoms with van der Waals surface area (Å²) in [6, 6.07) is 3.89. The number of amides is 1. The fraction of sp³-hybridized carbons (Fsp3) is 0.417. The number of piperidine rings is 1. The lowest BCUT2D eigenvalue weighted by molar-refractivity contribution is -0.384. The minimum Gasteiger partial charge on any atom is -0.348 e. The number of benzene rings is 1. The Morgan fingerprint density at radius 2 is 2.32 bits per heavy atom. The fourth-order valence-electron chi connectivity index (χ4n) is 2.04. The van der Waals surface area contributed by atoms with E-state index < -0.39 is 4.92 Å². The molecule has 1 aliphatic rings. The molecule has 0 saturated carbocycles. The van der Waals surface area contributed by atoms with E-state index in [0.29, 0.717) is 6.54 Å². The van der Waals surface area contributed by atoms with Crippen LogP contribution in [0.25, 0.3) is 0 Å². The Morgan fingerprint density at radius 3 is 2.95 bits per heavy atom. The minimum atomic E-state index is -0.546. The van der Waals surface area contributed by atoms with E-state index in [1.165, 1.54) is 18.2 Å².